The normalized spacial score (nSPS) is 17.4. The largest absolute Gasteiger partial charge is 0.481 e. The van der Waals surface area contributed by atoms with Crippen molar-refractivity contribution in [1.29, 1.82) is 0 Å². The minimum absolute atomic E-state index is 0.0193. The number of carbonyl (C=O) groups is 5. The maximum Gasteiger partial charge on any atom is 0.326 e. The van der Waals surface area contributed by atoms with Crippen molar-refractivity contribution in [2.24, 2.45) is 11.5 Å². The average molecular weight is 545 g/mol. The van der Waals surface area contributed by atoms with Gasteiger partial charge in [-0.2, -0.15) is 0 Å². The third-order valence-corrected chi connectivity index (χ3v) is 6.85. The molecular weight excluding hydrogens is 508 g/mol. The Bertz CT molecular complexity index is 1200. The van der Waals surface area contributed by atoms with Crippen molar-refractivity contribution in [3.63, 3.8) is 0 Å². The Labute approximate surface area is 225 Å². The number of carbonyl (C=O) groups excluding carboxylic acids is 3. The number of aromatic nitrogens is 1. The fraction of sp³-hybridized carbons (Fsp3) is 0.500. The van der Waals surface area contributed by atoms with Crippen LogP contribution >= 0.6 is 0 Å². The number of para-hydroxylation sites is 1. The van der Waals surface area contributed by atoms with Gasteiger partial charge in [0, 0.05) is 30.1 Å². The standard InChI is InChI=1S/C26H36N6O7/c27-10-4-3-7-17(28)23(35)30-19(13-22(33)34)25(37)32-11-5-9-21(32)24(36)31-20(26(38)39)12-15-14-29-18-8-2-1-6-16(15)18/h1-2,6,8,14,17,19-21,29H,3-5,7,9-13,27-28H2,(H,30,35)(H,31,36)(H,33,34)(H,38,39). The molecule has 0 aliphatic carbocycles. The van der Waals surface area contributed by atoms with Gasteiger partial charge >= 0.3 is 11.9 Å². The molecule has 1 fully saturated rings. The van der Waals surface area contributed by atoms with E-state index in [1.54, 1.807) is 6.20 Å². The smallest absolute Gasteiger partial charge is 0.326 e. The molecular formula is C26H36N6O7. The van der Waals surface area contributed by atoms with Gasteiger partial charge in [0.2, 0.25) is 17.7 Å². The number of aromatic amines is 1. The number of rotatable bonds is 14. The summed E-state index contributed by atoms with van der Waals surface area (Å²) in [6.07, 6.45) is 3.33. The number of unbranched alkanes of at least 4 members (excludes halogenated alkanes) is 1. The zero-order chi connectivity index (χ0) is 28.5. The molecule has 2 aromatic rings. The number of nitrogens with zero attached hydrogens (tertiary/aromatic N) is 1. The molecule has 1 aliphatic rings. The molecule has 1 saturated heterocycles. The summed E-state index contributed by atoms with van der Waals surface area (Å²) < 4.78 is 0. The number of hydrogen-bond acceptors (Lipinski definition) is 7. The van der Waals surface area contributed by atoms with Crippen LogP contribution in [0.4, 0.5) is 0 Å². The lowest BCUT2D eigenvalue weighted by molar-refractivity contribution is -0.147. The van der Waals surface area contributed by atoms with Gasteiger partial charge in [0.15, 0.2) is 0 Å². The van der Waals surface area contributed by atoms with Gasteiger partial charge in [-0.15, -0.1) is 0 Å². The van der Waals surface area contributed by atoms with Gasteiger partial charge < -0.3 is 42.2 Å². The third-order valence-electron chi connectivity index (χ3n) is 6.85. The van der Waals surface area contributed by atoms with E-state index in [2.05, 4.69) is 15.6 Å². The van der Waals surface area contributed by atoms with Gasteiger partial charge in [-0.05, 0) is 43.9 Å². The second-order valence-electron chi connectivity index (χ2n) is 9.70. The number of amides is 3. The van der Waals surface area contributed by atoms with Gasteiger partial charge in [0.1, 0.15) is 18.1 Å². The topological polar surface area (TPSA) is 221 Å². The maximum atomic E-state index is 13.3. The van der Waals surface area contributed by atoms with Crippen molar-refractivity contribution in [1.82, 2.24) is 20.5 Å². The second-order valence-corrected chi connectivity index (χ2v) is 9.70. The predicted molar refractivity (Wildman–Crippen MR) is 141 cm³/mol. The summed E-state index contributed by atoms with van der Waals surface area (Å²) in [5.74, 6) is -4.61. The number of carboxylic acids is 2. The highest BCUT2D eigenvalue weighted by Gasteiger charge is 2.39. The Balaban J connectivity index is 1.69. The second kappa shape index (κ2) is 13.7. The van der Waals surface area contributed by atoms with Crippen LogP contribution in [0.25, 0.3) is 10.9 Å². The third kappa shape index (κ3) is 7.77. The molecule has 4 unspecified atom stereocenters. The number of aliphatic carboxylic acids is 2. The molecule has 13 heteroatoms. The summed E-state index contributed by atoms with van der Waals surface area (Å²) >= 11 is 0. The van der Waals surface area contributed by atoms with Gasteiger partial charge in [0.05, 0.1) is 12.5 Å². The van der Waals surface area contributed by atoms with Crippen LogP contribution < -0.4 is 22.1 Å². The monoisotopic (exact) mass is 544 g/mol. The van der Waals surface area contributed by atoms with Crippen molar-refractivity contribution in [2.75, 3.05) is 13.1 Å². The van der Waals surface area contributed by atoms with Crippen LogP contribution in [0.1, 0.15) is 44.1 Å². The Hall–Kier alpha value is -3.97. The van der Waals surface area contributed by atoms with Crippen molar-refractivity contribution in [3.05, 3.63) is 36.0 Å². The quantitative estimate of drug-likeness (QED) is 0.155. The van der Waals surface area contributed by atoms with Gasteiger partial charge in [-0.3, -0.25) is 19.2 Å². The first-order valence-corrected chi connectivity index (χ1v) is 13.0. The van der Waals surface area contributed by atoms with E-state index in [-0.39, 0.29) is 19.4 Å². The molecule has 4 atom stereocenters. The Morgan fingerprint density at radius 1 is 1.08 bits per heavy atom. The minimum atomic E-state index is -1.43. The van der Waals surface area contributed by atoms with E-state index in [1.165, 1.54) is 4.90 Å². The summed E-state index contributed by atoms with van der Waals surface area (Å²) in [7, 11) is 0. The molecule has 0 bridgehead atoms. The summed E-state index contributed by atoms with van der Waals surface area (Å²) in [5, 5.41) is 24.9. The molecule has 1 aliphatic heterocycles. The lowest BCUT2D eigenvalue weighted by Crippen LogP contribution is -2.57. The highest BCUT2D eigenvalue weighted by Crippen LogP contribution is 2.22. The van der Waals surface area contributed by atoms with Gasteiger partial charge in [0.25, 0.3) is 0 Å². The van der Waals surface area contributed by atoms with E-state index in [4.69, 9.17) is 11.5 Å². The molecule has 0 radical (unpaired) electrons. The number of hydrogen-bond donors (Lipinski definition) is 7. The van der Waals surface area contributed by atoms with Crippen LogP contribution in [0.15, 0.2) is 30.5 Å². The van der Waals surface area contributed by atoms with Crippen LogP contribution in [0.3, 0.4) is 0 Å². The maximum absolute atomic E-state index is 13.3. The van der Waals surface area contributed by atoms with Crippen LogP contribution in [-0.2, 0) is 30.4 Å². The van der Waals surface area contributed by atoms with Crippen molar-refractivity contribution < 1.29 is 34.2 Å². The fourth-order valence-corrected chi connectivity index (χ4v) is 4.78. The number of benzene rings is 1. The molecule has 9 N–H and O–H groups in total. The first-order valence-electron chi connectivity index (χ1n) is 13.0. The number of nitrogens with one attached hydrogen (secondary N) is 3. The minimum Gasteiger partial charge on any atom is -0.481 e. The number of fused-ring (bicyclic) bond motifs is 1. The molecule has 1 aromatic heterocycles. The Kier molecular flexibility index (Phi) is 10.4. The molecule has 212 valence electrons. The predicted octanol–water partition coefficient (Wildman–Crippen LogP) is -0.313. The Morgan fingerprint density at radius 2 is 1.82 bits per heavy atom. The van der Waals surface area contributed by atoms with E-state index >= 15 is 0 Å². The summed E-state index contributed by atoms with van der Waals surface area (Å²) in [5.41, 5.74) is 12.9. The molecule has 2 heterocycles. The van der Waals surface area contributed by atoms with Gasteiger partial charge in [-0.25, -0.2) is 4.79 Å². The van der Waals surface area contributed by atoms with Crippen molar-refractivity contribution >= 4 is 40.6 Å². The molecule has 1 aromatic carbocycles. The molecule has 13 nitrogen and oxygen atoms in total. The number of carboxylic acid groups (broad SMARTS) is 2. The van der Waals surface area contributed by atoms with Crippen LogP contribution in [0.2, 0.25) is 0 Å². The lowest BCUT2D eigenvalue weighted by atomic mass is 10.0. The van der Waals surface area contributed by atoms with E-state index in [9.17, 15) is 34.2 Å². The zero-order valence-corrected chi connectivity index (χ0v) is 21.6. The number of H-pyrrole nitrogens is 1. The molecule has 3 amide bonds. The number of nitrogens with two attached hydrogens (primary N) is 2. The molecule has 0 spiro atoms. The zero-order valence-electron chi connectivity index (χ0n) is 21.6. The molecule has 39 heavy (non-hydrogen) atoms. The average Bonchev–Trinajstić information content (AvgIpc) is 3.55. The summed E-state index contributed by atoms with van der Waals surface area (Å²) in [6.45, 7) is 0.600. The van der Waals surface area contributed by atoms with Crippen molar-refractivity contribution in [3.8, 4) is 0 Å². The fourth-order valence-electron chi connectivity index (χ4n) is 4.78. The highest BCUT2D eigenvalue weighted by atomic mass is 16.4. The van der Waals surface area contributed by atoms with E-state index < -0.39 is 60.2 Å². The summed E-state index contributed by atoms with van der Waals surface area (Å²) in [6, 6.07) is 2.75. The first kappa shape index (κ1) is 29.6. The van der Waals surface area contributed by atoms with Crippen LogP contribution in [0.5, 0.6) is 0 Å². The van der Waals surface area contributed by atoms with E-state index in [0.717, 1.165) is 10.9 Å². The van der Waals surface area contributed by atoms with Crippen LogP contribution in [0, 0.1) is 0 Å². The SMILES string of the molecule is NCCCCC(N)C(=O)NC(CC(=O)O)C(=O)N1CCCC1C(=O)NC(Cc1c[nH]c2ccccc12)C(=O)O. The Morgan fingerprint density at radius 3 is 2.51 bits per heavy atom. The summed E-state index contributed by atoms with van der Waals surface area (Å²) in [4.78, 5) is 66.8. The van der Waals surface area contributed by atoms with E-state index in [1.807, 2.05) is 24.3 Å². The van der Waals surface area contributed by atoms with Gasteiger partial charge in [-0.1, -0.05) is 24.6 Å². The highest BCUT2D eigenvalue weighted by molar-refractivity contribution is 5.96. The molecule has 0 saturated carbocycles. The number of likely N-dealkylation sites (tertiary alicyclic amines) is 1. The first-order chi connectivity index (χ1) is 18.6. The van der Waals surface area contributed by atoms with Crippen molar-refractivity contribution in [2.45, 2.75) is 69.1 Å². The molecule has 3 rings (SSSR count). The van der Waals surface area contributed by atoms with Crippen LogP contribution in [-0.4, -0.2) is 87.0 Å². The van der Waals surface area contributed by atoms with E-state index in [0.29, 0.717) is 37.8 Å². The lowest BCUT2D eigenvalue weighted by Gasteiger charge is -2.29.